The van der Waals surface area contributed by atoms with Gasteiger partial charge in [0.2, 0.25) is 10.0 Å². The summed E-state index contributed by atoms with van der Waals surface area (Å²) >= 11 is 0. The normalized spacial score (nSPS) is 10.9. The maximum absolute atomic E-state index is 14.0. The van der Waals surface area contributed by atoms with E-state index in [1.54, 1.807) is 12.1 Å². The van der Waals surface area contributed by atoms with Crippen LogP contribution in [0.25, 0.3) is 0 Å². The van der Waals surface area contributed by atoms with Crippen LogP contribution in [0, 0.1) is 12.7 Å². The maximum Gasteiger partial charge on any atom is 0.341 e. The first-order valence-corrected chi connectivity index (χ1v) is 11.8. The number of halogens is 1. The lowest BCUT2D eigenvalue weighted by Crippen LogP contribution is -2.26. The van der Waals surface area contributed by atoms with Gasteiger partial charge in [-0.3, -0.25) is 9.59 Å². The molecule has 0 bridgehead atoms. The number of para-hydroxylation sites is 1. The number of nitrogens with one attached hydrogen (secondary N) is 2. The Morgan fingerprint density at radius 3 is 2.34 bits per heavy atom. The van der Waals surface area contributed by atoms with E-state index in [2.05, 4.69) is 10.6 Å². The number of ether oxygens (including phenoxy) is 1. The quantitative estimate of drug-likeness (QED) is 0.406. The molecule has 11 heteroatoms. The van der Waals surface area contributed by atoms with E-state index in [1.807, 2.05) is 31.2 Å². The van der Waals surface area contributed by atoms with Crippen molar-refractivity contribution in [2.24, 2.45) is 5.14 Å². The number of primary sulfonamides is 1. The van der Waals surface area contributed by atoms with Crippen molar-refractivity contribution in [2.75, 3.05) is 11.9 Å². The molecule has 0 fully saturated rings. The van der Waals surface area contributed by atoms with Crippen LogP contribution in [0.1, 0.15) is 31.8 Å². The monoisotopic (exact) mass is 499 g/mol. The van der Waals surface area contributed by atoms with Crippen LogP contribution in [0.5, 0.6) is 0 Å². The molecule has 35 heavy (non-hydrogen) atoms. The summed E-state index contributed by atoms with van der Waals surface area (Å²) < 4.78 is 41.6. The Morgan fingerprint density at radius 2 is 1.66 bits per heavy atom. The number of hydrogen-bond donors (Lipinski definition) is 3. The van der Waals surface area contributed by atoms with Gasteiger partial charge in [-0.05, 0) is 42.8 Å². The molecule has 0 aliphatic rings. The van der Waals surface area contributed by atoms with Gasteiger partial charge in [-0.2, -0.15) is 0 Å². The lowest BCUT2D eigenvalue weighted by Gasteiger charge is -2.12. The number of carbonyl (C=O) groups excluding carboxylic acids is 3. The Bertz CT molecular complexity index is 1370. The van der Waals surface area contributed by atoms with Crippen LogP contribution in [-0.2, 0) is 26.1 Å². The van der Waals surface area contributed by atoms with E-state index in [9.17, 15) is 27.2 Å². The fourth-order valence-electron chi connectivity index (χ4n) is 3.01. The fourth-order valence-corrected chi connectivity index (χ4v) is 3.55. The fraction of sp³-hybridized carbons (Fsp3) is 0.125. The summed E-state index contributed by atoms with van der Waals surface area (Å²) in [6.45, 7) is 1.43. The molecule has 0 aromatic heterocycles. The molecule has 0 aliphatic carbocycles. The van der Waals surface area contributed by atoms with Crippen LogP contribution in [0.2, 0.25) is 0 Å². The van der Waals surface area contributed by atoms with Gasteiger partial charge >= 0.3 is 5.97 Å². The van der Waals surface area contributed by atoms with Crippen molar-refractivity contribution in [3.8, 4) is 0 Å². The minimum Gasteiger partial charge on any atom is -0.452 e. The van der Waals surface area contributed by atoms with Crippen molar-refractivity contribution in [3.05, 3.63) is 94.8 Å². The summed E-state index contributed by atoms with van der Waals surface area (Å²) in [5, 5.41) is 10.2. The number of rotatable bonds is 8. The van der Waals surface area contributed by atoms with Crippen molar-refractivity contribution < 1.29 is 31.9 Å². The first kappa shape index (κ1) is 25.5. The third kappa shape index (κ3) is 6.95. The number of nitrogens with two attached hydrogens (primary N) is 1. The molecule has 0 unspecified atom stereocenters. The first-order valence-electron chi connectivity index (χ1n) is 10.3. The zero-order valence-electron chi connectivity index (χ0n) is 18.6. The highest BCUT2D eigenvalue weighted by molar-refractivity contribution is 7.89. The van der Waals surface area contributed by atoms with Gasteiger partial charge in [-0.15, -0.1) is 0 Å². The molecule has 3 aromatic rings. The van der Waals surface area contributed by atoms with Crippen molar-refractivity contribution in [3.63, 3.8) is 0 Å². The van der Waals surface area contributed by atoms with Gasteiger partial charge in [-0.1, -0.05) is 42.0 Å². The number of aryl methyl sites for hydroxylation is 1. The summed E-state index contributed by atoms with van der Waals surface area (Å²) in [4.78, 5) is 36.6. The van der Waals surface area contributed by atoms with Crippen molar-refractivity contribution >= 4 is 33.5 Å². The van der Waals surface area contributed by atoms with Crippen LogP contribution in [0.4, 0.5) is 10.1 Å². The molecule has 0 saturated heterocycles. The van der Waals surface area contributed by atoms with Gasteiger partial charge in [0.05, 0.1) is 21.7 Å². The zero-order chi connectivity index (χ0) is 25.6. The highest BCUT2D eigenvalue weighted by atomic mass is 32.2. The predicted molar refractivity (Wildman–Crippen MR) is 125 cm³/mol. The molecule has 0 radical (unpaired) electrons. The number of amides is 2. The van der Waals surface area contributed by atoms with Crippen LogP contribution < -0.4 is 15.8 Å². The van der Waals surface area contributed by atoms with Crippen molar-refractivity contribution in [2.45, 2.75) is 18.4 Å². The van der Waals surface area contributed by atoms with Gasteiger partial charge in [0, 0.05) is 6.54 Å². The second-order valence-electron chi connectivity index (χ2n) is 7.52. The van der Waals surface area contributed by atoms with Crippen LogP contribution in [0.15, 0.2) is 71.6 Å². The SMILES string of the molecule is Cc1ccc(CNC(=O)c2ccccc2NC(=O)COC(=O)c2cc(S(N)(=O)=O)ccc2F)cc1. The number of benzene rings is 3. The van der Waals surface area contributed by atoms with Gasteiger partial charge in [0.1, 0.15) is 5.82 Å². The van der Waals surface area contributed by atoms with Crippen molar-refractivity contribution in [1.29, 1.82) is 0 Å². The topological polar surface area (TPSA) is 145 Å². The standard InChI is InChI=1S/C24H22FN3O6S/c1-15-6-8-16(9-7-15)13-27-23(30)18-4-2-3-5-21(18)28-22(29)14-34-24(31)19-12-17(35(26,32)33)10-11-20(19)25/h2-12H,13-14H2,1H3,(H,27,30)(H,28,29)(H2,26,32,33). The average molecular weight is 500 g/mol. The molecule has 182 valence electrons. The summed E-state index contributed by atoms with van der Waals surface area (Å²) in [6.07, 6.45) is 0. The van der Waals surface area contributed by atoms with Gasteiger partial charge in [0.15, 0.2) is 6.61 Å². The molecule has 9 nitrogen and oxygen atoms in total. The molecular formula is C24H22FN3O6S. The number of esters is 1. The molecular weight excluding hydrogens is 477 g/mol. The molecule has 0 heterocycles. The van der Waals surface area contributed by atoms with E-state index >= 15 is 0 Å². The summed E-state index contributed by atoms with van der Waals surface area (Å²) in [5.41, 5.74) is 1.66. The predicted octanol–water partition coefficient (Wildman–Crippen LogP) is 2.51. The minimum atomic E-state index is -4.18. The first-order chi connectivity index (χ1) is 16.5. The third-order valence-electron chi connectivity index (χ3n) is 4.84. The Balaban J connectivity index is 1.62. The number of anilines is 1. The average Bonchev–Trinajstić information content (AvgIpc) is 2.82. The van der Waals surface area contributed by atoms with Crippen molar-refractivity contribution in [1.82, 2.24) is 5.32 Å². The summed E-state index contributed by atoms with van der Waals surface area (Å²) in [7, 11) is -4.18. The summed E-state index contributed by atoms with van der Waals surface area (Å²) in [5.74, 6) is -3.52. The Kier molecular flexibility index (Phi) is 7.94. The van der Waals surface area contributed by atoms with Gasteiger partial charge in [0.25, 0.3) is 11.8 Å². The van der Waals surface area contributed by atoms with E-state index in [-0.39, 0.29) is 17.8 Å². The largest absolute Gasteiger partial charge is 0.452 e. The Morgan fingerprint density at radius 1 is 0.971 bits per heavy atom. The molecule has 0 saturated carbocycles. The van der Waals surface area contributed by atoms with Crippen LogP contribution in [0.3, 0.4) is 0 Å². The second kappa shape index (κ2) is 10.9. The highest BCUT2D eigenvalue weighted by Gasteiger charge is 2.20. The zero-order valence-corrected chi connectivity index (χ0v) is 19.4. The molecule has 4 N–H and O–H groups in total. The number of sulfonamides is 1. The lowest BCUT2D eigenvalue weighted by atomic mass is 10.1. The maximum atomic E-state index is 14.0. The molecule has 0 atom stereocenters. The Labute approximate surface area is 201 Å². The van der Waals surface area contributed by atoms with Gasteiger partial charge < -0.3 is 15.4 Å². The lowest BCUT2D eigenvalue weighted by molar-refractivity contribution is -0.119. The van der Waals surface area contributed by atoms with Crippen LogP contribution >= 0.6 is 0 Å². The second-order valence-corrected chi connectivity index (χ2v) is 9.09. The molecule has 0 spiro atoms. The highest BCUT2D eigenvalue weighted by Crippen LogP contribution is 2.17. The van der Waals surface area contributed by atoms with E-state index in [4.69, 9.17) is 9.88 Å². The van der Waals surface area contributed by atoms with E-state index in [1.165, 1.54) is 12.1 Å². The summed E-state index contributed by atoms with van der Waals surface area (Å²) in [6, 6.07) is 16.2. The van der Waals surface area contributed by atoms with Gasteiger partial charge in [-0.25, -0.2) is 22.7 Å². The smallest absolute Gasteiger partial charge is 0.341 e. The van der Waals surface area contributed by atoms with Crippen LogP contribution in [-0.4, -0.2) is 32.8 Å². The molecule has 3 aromatic carbocycles. The Hall–Kier alpha value is -4.09. The minimum absolute atomic E-state index is 0.178. The van der Waals surface area contributed by atoms with E-state index < -0.39 is 50.7 Å². The molecule has 0 aliphatic heterocycles. The molecule has 2 amide bonds. The molecule has 3 rings (SSSR count). The van der Waals surface area contributed by atoms with E-state index in [0.29, 0.717) is 0 Å². The number of hydrogen-bond acceptors (Lipinski definition) is 6. The van der Waals surface area contributed by atoms with E-state index in [0.717, 1.165) is 29.3 Å². The number of carbonyl (C=O) groups is 3. The third-order valence-corrected chi connectivity index (χ3v) is 5.75.